The van der Waals surface area contributed by atoms with Crippen molar-refractivity contribution in [2.24, 2.45) is 0 Å². The average Bonchev–Trinajstić information content (AvgIpc) is 3.16. The maximum Gasteiger partial charge on any atom is 0.305 e. The number of anilines is 1. The number of carboxylic acids is 1. The molecule has 0 aliphatic carbocycles. The standard InChI is InChI=1S/C23H26N4O3/c1-2-6-21-18(16-26-27(21)20-7-4-3-5-8-20)15-25-19-11-9-17(10-12-19)23(30)24-14-13-22(28)29/h3-5,7-12,16,25H,2,6,13-15H2,1H3,(H,24,30)(H,28,29). The minimum atomic E-state index is -0.937. The molecule has 2 aromatic carbocycles. The van der Waals surface area contributed by atoms with E-state index in [4.69, 9.17) is 5.11 Å². The lowest BCUT2D eigenvalue weighted by atomic mass is 10.1. The summed E-state index contributed by atoms with van der Waals surface area (Å²) >= 11 is 0. The first-order valence-corrected chi connectivity index (χ1v) is 10.0. The molecule has 0 atom stereocenters. The van der Waals surface area contributed by atoms with Crippen molar-refractivity contribution < 1.29 is 14.7 Å². The number of carbonyl (C=O) groups excluding carboxylic acids is 1. The topological polar surface area (TPSA) is 96.2 Å². The first-order valence-electron chi connectivity index (χ1n) is 10.0. The highest BCUT2D eigenvalue weighted by Crippen LogP contribution is 2.19. The van der Waals surface area contributed by atoms with E-state index in [9.17, 15) is 9.59 Å². The van der Waals surface area contributed by atoms with Crippen LogP contribution in [0.4, 0.5) is 5.69 Å². The molecule has 1 heterocycles. The second kappa shape index (κ2) is 10.2. The summed E-state index contributed by atoms with van der Waals surface area (Å²) in [4.78, 5) is 22.6. The number of para-hydroxylation sites is 1. The van der Waals surface area contributed by atoms with Crippen LogP contribution in [0.1, 0.15) is 41.4 Å². The Morgan fingerprint density at radius 3 is 2.47 bits per heavy atom. The highest BCUT2D eigenvalue weighted by Gasteiger charge is 2.12. The molecule has 0 bridgehead atoms. The van der Waals surface area contributed by atoms with Crippen molar-refractivity contribution in [3.05, 3.63) is 77.6 Å². The number of nitrogens with zero attached hydrogens (tertiary/aromatic N) is 2. The van der Waals surface area contributed by atoms with E-state index in [0.717, 1.165) is 29.8 Å². The van der Waals surface area contributed by atoms with Crippen LogP contribution < -0.4 is 10.6 Å². The quantitative estimate of drug-likeness (QED) is 0.478. The van der Waals surface area contributed by atoms with Gasteiger partial charge in [0.1, 0.15) is 0 Å². The number of carboxylic acid groups (broad SMARTS) is 1. The van der Waals surface area contributed by atoms with E-state index in [2.05, 4.69) is 22.7 Å². The summed E-state index contributed by atoms with van der Waals surface area (Å²) in [6, 6.07) is 17.2. The molecule has 0 saturated heterocycles. The van der Waals surface area contributed by atoms with Crippen LogP contribution in [-0.4, -0.2) is 33.3 Å². The molecule has 0 saturated carbocycles. The number of hydrogen-bond acceptors (Lipinski definition) is 4. The smallest absolute Gasteiger partial charge is 0.305 e. The van der Waals surface area contributed by atoms with Crippen LogP contribution >= 0.6 is 0 Å². The summed E-state index contributed by atoms with van der Waals surface area (Å²) in [6.45, 7) is 2.89. The van der Waals surface area contributed by atoms with E-state index >= 15 is 0 Å². The van der Waals surface area contributed by atoms with Gasteiger partial charge in [-0.3, -0.25) is 9.59 Å². The molecule has 0 radical (unpaired) electrons. The number of nitrogens with one attached hydrogen (secondary N) is 2. The Bertz CT molecular complexity index is 981. The highest BCUT2D eigenvalue weighted by molar-refractivity contribution is 5.94. The summed E-state index contributed by atoms with van der Waals surface area (Å²) in [7, 11) is 0. The molecule has 156 valence electrons. The van der Waals surface area contributed by atoms with E-state index in [1.807, 2.05) is 53.3 Å². The van der Waals surface area contributed by atoms with Crippen molar-refractivity contribution in [1.29, 1.82) is 0 Å². The zero-order valence-corrected chi connectivity index (χ0v) is 17.0. The van der Waals surface area contributed by atoms with Crippen LogP contribution in [0.3, 0.4) is 0 Å². The predicted octanol–water partition coefficient (Wildman–Crippen LogP) is 3.64. The van der Waals surface area contributed by atoms with Crippen molar-refractivity contribution in [2.45, 2.75) is 32.7 Å². The maximum absolute atomic E-state index is 12.0. The maximum atomic E-state index is 12.0. The van der Waals surface area contributed by atoms with Crippen molar-refractivity contribution >= 4 is 17.6 Å². The number of carbonyl (C=O) groups is 2. The third kappa shape index (κ3) is 5.47. The molecule has 3 rings (SSSR count). The van der Waals surface area contributed by atoms with Crippen LogP contribution in [0.15, 0.2) is 60.8 Å². The van der Waals surface area contributed by atoms with E-state index in [-0.39, 0.29) is 18.9 Å². The van der Waals surface area contributed by atoms with Crippen molar-refractivity contribution in [2.75, 3.05) is 11.9 Å². The van der Waals surface area contributed by atoms with Crippen LogP contribution in [0.25, 0.3) is 5.69 Å². The van der Waals surface area contributed by atoms with Gasteiger partial charge >= 0.3 is 5.97 Å². The van der Waals surface area contributed by atoms with Gasteiger partial charge in [-0.2, -0.15) is 5.10 Å². The molecular formula is C23H26N4O3. The first kappa shape index (κ1) is 21.1. The summed E-state index contributed by atoms with van der Waals surface area (Å²) in [5, 5.41) is 19.2. The number of rotatable bonds is 10. The molecule has 0 aliphatic heterocycles. The Morgan fingerprint density at radius 2 is 1.80 bits per heavy atom. The molecular weight excluding hydrogens is 380 g/mol. The highest BCUT2D eigenvalue weighted by atomic mass is 16.4. The minimum absolute atomic E-state index is 0.0951. The lowest BCUT2D eigenvalue weighted by Gasteiger charge is -2.11. The number of hydrogen-bond donors (Lipinski definition) is 3. The van der Waals surface area contributed by atoms with Gasteiger partial charge in [-0.15, -0.1) is 0 Å². The van der Waals surface area contributed by atoms with Crippen LogP contribution in [-0.2, 0) is 17.8 Å². The monoisotopic (exact) mass is 406 g/mol. The second-order valence-electron chi connectivity index (χ2n) is 6.94. The zero-order valence-electron chi connectivity index (χ0n) is 17.0. The van der Waals surface area contributed by atoms with Gasteiger partial charge in [0.2, 0.25) is 0 Å². The van der Waals surface area contributed by atoms with E-state index in [1.54, 1.807) is 12.1 Å². The fourth-order valence-electron chi connectivity index (χ4n) is 3.17. The normalized spacial score (nSPS) is 10.6. The zero-order chi connectivity index (χ0) is 21.3. The van der Waals surface area contributed by atoms with Crippen molar-refractivity contribution in [1.82, 2.24) is 15.1 Å². The number of aromatic nitrogens is 2. The molecule has 1 aromatic heterocycles. The molecule has 7 nitrogen and oxygen atoms in total. The van der Waals surface area contributed by atoms with Crippen LogP contribution in [0.2, 0.25) is 0 Å². The minimum Gasteiger partial charge on any atom is -0.481 e. The lowest BCUT2D eigenvalue weighted by Crippen LogP contribution is -2.25. The lowest BCUT2D eigenvalue weighted by molar-refractivity contribution is -0.136. The Hall–Kier alpha value is -3.61. The first-order chi connectivity index (χ1) is 14.6. The molecule has 1 amide bonds. The van der Waals surface area contributed by atoms with Crippen molar-refractivity contribution in [3.63, 3.8) is 0 Å². The molecule has 0 fully saturated rings. The van der Waals surface area contributed by atoms with Gasteiger partial charge in [0.25, 0.3) is 5.91 Å². The largest absolute Gasteiger partial charge is 0.481 e. The van der Waals surface area contributed by atoms with Crippen LogP contribution in [0, 0.1) is 0 Å². The van der Waals surface area contributed by atoms with Gasteiger partial charge in [-0.25, -0.2) is 4.68 Å². The molecule has 7 heteroatoms. The summed E-state index contributed by atoms with van der Waals surface area (Å²) < 4.78 is 1.99. The van der Waals surface area contributed by atoms with E-state index in [0.29, 0.717) is 12.1 Å². The van der Waals surface area contributed by atoms with Crippen LogP contribution in [0.5, 0.6) is 0 Å². The van der Waals surface area contributed by atoms with Gasteiger partial charge < -0.3 is 15.7 Å². The second-order valence-corrected chi connectivity index (χ2v) is 6.94. The molecule has 0 spiro atoms. The number of benzene rings is 2. The third-order valence-corrected chi connectivity index (χ3v) is 4.70. The molecule has 0 unspecified atom stereocenters. The Labute approximate surface area is 175 Å². The SMILES string of the molecule is CCCc1c(CNc2ccc(C(=O)NCCC(=O)O)cc2)cnn1-c1ccccc1. The molecule has 3 N–H and O–H groups in total. The fourth-order valence-corrected chi connectivity index (χ4v) is 3.17. The predicted molar refractivity (Wildman–Crippen MR) is 116 cm³/mol. The van der Waals surface area contributed by atoms with E-state index < -0.39 is 5.97 Å². The van der Waals surface area contributed by atoms with Gasteiger partial charge in [0, 0.05) is 35.6 Å². The molecule has 0 aliphatic rings. The van der Waals surface area contributed by atoms with Gasteiger partial charge in [0.05, 0.1) is 18.3 Å². The third-order valence-electron chi connectivity index (χ3n) is 4.70. The summed E-state index contributed by atoms with van der Waals surface area (Å²) in [6.07, 6.45) is 3.76. The number of amides is 1. The van der Waals surface area contributed by atoms with Gasteiger partial charge in [-0.05, 0) is 42.8 Å². The number of aliphatic carboxylic acids is 1. The average molecular weight is 406 g/mol. The van der Waals surface area contributed by atoms with Crippen molar-refractivity contribution in [3.8, 4) is 5.69 Å². The van der Waals surface area contributed by atoms with E-state index in [1.165, 1.54) is 5.69 Å². The molecule has 30 heavy (non-hydrogen) atoms. The summed E-state index contributed by atoms with van der Waals surface area (Å²) in [5.74, 6) is -1.22. The fraction of sp³-hybridized carbons (Fsp3) is 0.261. The summed E-state index contributed by atoms with van der Waals surface area (Å²) in [5.41, 5.74) is 4.76. The Balaban J connectivity index is 1.63. The van der Waals surface area contributed by atoms with Gasteiger partial charge in [0.15, 0.2) is 0 Å². The Kier molecular flexibility index (Phi) is 7.21. The van der Waals surface area contributed by atoms with Gasteiger partial charge in [-0.1, -0.05) is 31.5 Å². The molecule has 3 aromatic rings. The Morgan fingerprint density at radius 1 is 1.07 bits per heavy atom.